The average Bonchev–Trinajstić information content (AvgIpc) is 2.59. The molecule has 0 N–H and O–H groups in total. The predicted octanol–water partition coefficient (Wildman–Crippen LogP) is 3.81. The zero-order chi connectivity index (χ0) is 11.5. The van der Waals surface area contributed by atoms with Crippen molar-refractivity contribution < 1.29 is 4.42 Å². The first kappa shape index (κ1) is 11.2. The quantitative estimate of drug-likeness (QED) is 0.756. The molecule has 0 radical (unpaired) electrons. The Morgan fingerprint density at radius 3 is 2.75 bits per heavy atom. The van der Waals surface area contributed by atoms with Crippen molar-refractivity contribution in [1.82, 2.24) is 4.98 Å². The normalized spacial score (nSPS) is 12.7. The van der Waals surface area contributed by atoms with Gasteiger partial charge in [-0.15, -0.1) is 11.6 Å². The molecule has 3 heteroatoms. The highest BCUT2D eigenvalue weighted by Crippen LogP contribution is 2.29. The molecule has 16 heavy (non-hydrogen) atoms. The molecule has 0 spiro atoms. The van der Waals surface area contributed by atoms with E-state index in [1.165, 1.54) is 0 Å². The molecule has 2 aromatic rings. The van der Waals surface area contributed by atoms with Crippen LogP contribution < -0.4 is 0 Å². The van der Waals surface area contributed by atoms with Crippen molar-refractivity contribution in [1.29, 1.82) is 0 Å². The average molecular weight is 236 g/mol. The molecule has 0 amide bonds. The van der Waals surface area contributed by atoms with Crippen LogP contribution in [0.1, 0.15) is 28.2 Å². The maximum Gasteiger partial charge on any atom is 0.105 e. The van der Waals surface area contributed by atoms with Crippen molar-refractivity contribution in [3.05, 3.63) is 53.2 Å². The molecule has 2 aromatic heterocycles. The molecule has 0 saturated carbocycles. The van der Waals surface area contributed by atoms with Crippen LogP contribution in [0.15, 0.2) is 34.9 Å². The Balaban J connectivity index is 2.14. The Hall–Kier alpha value is -1.28. The molecule has 0 fully saturated rings. The second-order valence-corrected chi connectivity index (χ2v) is 4.39. The lowest BCUT2D eigenvalue weighted by atomic mass is 10.1. The van der Waals surface area contributed by atoms with Crippen molar-refractivity contribution in [2.45, 2.75) is 25.6 Å². The molecule has 1 unspecified atom stereocenters. The Kier molecular flexibility index (Phi) is 3.30. The van der Waals surface area contributed by atoms with Gasteiger partial charge in [-0.1, -0.05) is 6.07 Å². The third kappa shape index (κ3) is 2.45. The van der Waals surface area contributed by atoms with Gasteiger partial charge in [0.25, 0.3) is 0 Å². The topological polar surface area (TPSA) is 26.0 Å². The van der Waals surface area contributed by atoms with Gasteiger partial charge in [0.2, 0.25) is 0 Å². The van der Waals surface area contributed by atoms with E-state index in [0.717, 1.165) is 29.2 Å². The van der Waals surface area contributed by atoms with Gasteiger partial charge < -0.3 is 4.42 Å². The summed E-state index contributed by atoms with van der Waals surface area (Å²) in [5, 5.41) is -0.0765. The predicted molar refractivity (Wildman–Crippen MR) is 64.7 cm³/mol. The smallest absolute Gasteiger partial charge is 0.105 e. The lowest BCUT2D eigenvalue weighted by molar-refractivity contribution is 0.500. The minimum absolute atomic E-state index is 0.0765. The fourth-order valence-corrected chi connectivity index (χ4v) is 2.15. The number of aryl methyl sites for hydroxylation is 2. The van der Waals surface area contributed by atoms with Crippen molar-refractivity contribution >= 4 is 11.6 Å². The number of furan rings is 1. The molecule has 0 saturated heterocycles. The molecule has 2 nitrogen and oxygen atoms in total. The van der Waals surface area contributed by atoms with Crippen molar-refractivity contribution in [2.75, 3.05) is 0 Å². The number of rotatable bonds is 3. The zero-order valence-corrected chi connectivity index (χ0v) is 10.2. The number of alkyl halides is 1. The molecule has 1 atom stereocenters. The molecule has 0 aromatic carbocycles. The fourth-order valence-electron chi connectivity index (χ4n) is 1.77. The molecular formula is C13H14ClNO. The van der Waals surface area contributed by atoms with Crippen LogP contribution in [0.25, 0.3) is 0 Å². The summed E-state index contributed by atoms with van der Waals surface area (Å²) in [4.78, 5) is 4.27. The van der Waals surface area contributed by atoms with Gasteiger partial charge in [-0.25, -0.2) is 0 Å². The Labute approximate surface area is 100 Å². The Morgan fingerprint density at radius 1 is 1.38 bits per heavy atom. The van der Waals surface area contributed by atoms with Gasteiger partial charge in [0.1, 0.15) is 11.5 Å². The second kappa shape index (κ2) is 4.71. The van der Waals surface area contributed by atoms with E-state index in [2.05, 4.69) is 4.98 Å². The Morgan fingerprint density at radius 2 is 2.19 bits per heavy atom. The van der Waals surface area contributed by atoms with Crippen LogP contribution in [0.4, 0.5) is 0 Å². The first-order valence-corrected chi connectivity index (χ1v) is 5.71. The van der Waals surface area contributed by atoms with Gasteiger partial charge >= 0.3 is 0 Å². The van der Waals surface area contributed by atoms with Crippen LogP contribution in [-0.2, 0) is 6.42 Å². The Bertz CT molecular complexity index is 464. The first-order valence-electron chi connectivity index (χ1n) is 5.27. The molecule has 2 heterocycles. The second-order valence-electron chi connectivity index (χ2n) is 3.86. The lowest BCUT2D eigenvalue weighted by Crippen LogP contribution is -1.97. The van der Waals surface area contributed by atoms with E-state index >= 15 is 0 Å². The zero-order valence-electron chi connectivity index (χ0n) is 9.40. The maximum absolute atomic E-state index is 6.36. The number of halogens is 1. The van der Waals surface area contributed by atoms with Crippen LogP contribution in [0.5, 0.6) is 0 Å². The third-order valence-corrected chi connectivity index (χ3v) is 2.92. The van der Waals surface area contributed by atoms with E-state index < -0.39 is 0 Å². The van der Waals surface area contributed by atoms with E-state index in [1.54, 1.807) is 6.20 Å². The molecule has 0 aliphatic carbocycles. The SMILES string of the molecule is Cc1cc(C(Cl)Cc2ccccn2)c(C)o1. The van der Waals surface area contributed by atoms with Crippen LogP contribution in [0.3, 0.4) is 0 Å². The fraction of sp³-hybridized carbons (Fsp3) is 0.308. The minimum atomic E-state index is -0.0765. The van der Waals surface area contributed by atoms with Gasteiger partial charge in [0, 0.05) is 23.9 Å². The number of pyridine rings is 1. The van der Waals surface area contributed by atoms with Crippen LogP contribution in [-0.4, -0.2) is 4.98 Å². The summed E-state index contributed by atoms with van der Waals surface area (Å²) in [5.41, 5.74) is 2.06. The number of nitrogens with zero attached hydrogens (tertiary/aromatic N) is 1. The number of aromatic nitrogens is 1. The summed E-state index contributed by atoms with van der Waals surface area (Å²) in [6.45, 7) is 3.87. The molecule has 84 valence electrons. The highest BCUT2D eigenvalue weighted by molar-refractivity contribution is 6.21. The first-order chi connectivity index (χ1) is 7.66. The maximum atomic E-state index is 6.36. The molecule has 2 rings (SSSR count). The highest BCUT2D eigenvalue weighted by atomic mass is 35.5. The minimum Gasteiger partial charge on any atom is -0.466 e. The van der Waals surface area contributed by atoms with Gasteiger partial charge in [0.15, 0.2) is 0 Å². The van der Waals surface area contributed by atoms with Crippen LogP contribution >= 0.6 is 11.6 Å². The largest absolute Gasteiger partial charge is 0.466 e. The molecule has 0 aliphatic heterocycles. The number of hydrogen-bond donors (Lipinski definition) is 0. The summed E-state index contributed by atoms with van der Waals surface area (Å²) in [5.74, 6) is 1.80. The van der Waals surface area contributed by atoms with E-state index in [4.69, 9.17) is 16.0 Å². The molecule has 0 aliphatic rings. The summed E-state index contributed by atoms with van der Waals surface area (Å²) in [7, 11) is 0. The van der Waals surface area contributed by atoms with Crippen molar-refractivity contribution in [3.8, 4) is 0 Å². The standard InChI is InChI=1S/C13H14ClNO/c1-9-7-12(10(2)16-9)13(14)8-11-5-3-4-6-15-11/h3-7,13H,8H2,1-2H3. The van der Waals surface area contributed by atoms with Crippen LogP contribution in [0, 0.1) is 13.8 Å². The molecular weight excluding hydrogens is 222 g/mol. The van der Waals surface area contributed by atoms with E-state index in [-0.39, 0.29) is 5.38 Å². The van der Waals surface area contributed by atoms with Gasteiger partial charge in [-0.3, -0.25) is 4.98 Å². The summed E-state index contributed by atoms with van der Waals surface area (Å²) >= 11 is 6.36. The van der Waals surface area contributed by atoms with E-state index in [0.29, 0.717) is 0 Å². The third-order valence-electron chi connectivity index (χ3n) is 2.53. The summed E-state index contributed by atoms with van der Waals surface area (Å²) < 4.78 is 5.47. The van der Waals surface area contributed by atoms with Crippen molar-refractivity contribution in [3.63, 3.8) is 0 Å². The van der Waals surface area contributed by atoms with Crippen LogP contribution in [0.2, 0.25) is 0 Å². The lowest BCUT2D eigenvalue weighted by Gasteiger charge is -2.07. The monoisotopic (exact) mass is 235 g/mol. The summed E-state index contributed by atoms with van der Waals surface area (Å²) in [6, 6.07) is 7.85. The van der Waals surface area contributed by atoms with Crippen molar-refractivity contribution in [2.24, 2.45) is 0 Å². The number of hydrogen-bond acceptors (Lipinski definition) is 2. The van der Waals surface area contributed by atoms with Gasteiger partial charge in [0.05, 0.1) is 5.38 Å². The van der Waals surface area contributed by atoms with Gasteiger partial charge in [-0.2, -0.15) is 0 Å². The van der Waals surface area contributed by atoms with E-state index in [1.807, 2.05) is 38.1 Å². The van der Waals surface area contributed by atoms with E-state index in [9.17, 15) is 0 Å². The highest BCUT2D eigenvalue weighted by Gasteiger charge is 2.15. The van der Waals surface area contributed by atoms with Gasteiger partial charge in [-0.05, 0) is 32.0 Å². The summed E-state index contributed by atoms with van der Waals surface area (Å²) in [6.07, 6.45) is 2.51. The molecule has 0 bridgehead atoms.